The molecule has 0 saturated heterocycles. The summed E-state index contributed by atoms with van der Waals surface area (Å²) in [5, 5.41) is 0. The van der Waals surface area contributed by atoms with Crippen molar-refractivity contribution in [3.63, 3.8) is 0 Å². The third-order valence-corrected chi connectivity index (χ3v) is 2.54. The number of nitrogens with two attached hydrogens (primary N) is 1. The average molecular weight is 270 g/mol. The summed E-state index contributed by atoms with van der Waals surface area (Å²) in [6.07, 6.45) is -2.31. The van der Waals surface area contributed by atoms with Crippen LogP contribution in [0.25, 0.3) is 11.5 Å². The SMILES string of the molecule is CC(N)Cc1coc(-c2ccc(C(F)(F)F)cc2)n1. The van der Waals surface area contributed by atoms with Gasteiger partial charge in [-0.1, -0.05) is 0 Å². The fourth-order valence-corrected chi connectivity index (χ4v) is 1.66. The van der Waals surface area contributed by atoms with Gasteiger partial charge in [-0.2, -0.15) is 13.2 Å². The third-order valence-electron chi connectivity index (χ3n) is 2.54. The first-order valence-corrected chi connectivity index (χ1v) is 5.74. The Balaban J connectivity index is 2.20. The van der Waals surface area contributed by atoms with Crippen LogP contribution in [0.4, 0.5) is 13.2 Å². The minimum absolute atomic E-state index is 0.0504. The summed E-state index contributed by atoms with van der Waals surface area (Å²) in [6, 6.07) is 4.63. The molecule has 1 atom stereocenters. The summed E-state index contributed by atoms with van der Waals surface area (Å²) < 4.78 is 42.5. The van der Waals surface area contributed by atoms with Gasteiger partial charge < -0.3 is 10.2 Å². The van der Waals surface area contributed by atoms with Gasteiger partial charge in [0, 0.05) is 18.0 Å². The largest absolute Gasteiger partial charge is 0.444 e. The zero-order chi connectivity index (χ0) is 14.0. The lowest BCUT2D eigenvalue weighted by Crippen LogP contribution is -2.17. The van der Waals surface area contributed by atoms with Crippen LogP contribution < -0.4 is 5.73 Å². The maximum absolute atomic E-state index is 12.4. The Morgan fingerprint density at radius 3 is 2.42 bits per heavy atom. The van der Waals surface area contributed by atoms with E-state index in [1.54, 1.807) is 0 Å². The van der Waals surface area contributed by atoms with Gasteiger partial charge in [-0.05, 0) is 31.2 Å². The van der Waals surface area contributed by atoms with Gasteiger partial charge in [-0.15, -0.1) is 0 Å². The highest BCUT2D eigenvalue weighted by Gasteiger charge is 2.30. The number of rotatable bonds is 3. The fourth-order valence-electron chi connectivity index (χ4n) is 1.66. The van der Waals surface area contributed by atoms with E-state index in [4.69, 9.17) is 10.2 Å². The Kier molecular flexibility index (Phi) is 3.61. The number of oxazole rings is 1. The molecule has 0 aliphatic carbocycles. The lowest BCUT2D eigenvalue weighted by atomic mass is 10.1. The first kappa shape index (κ1) is 13.6. The molecule has 0 aliphatic heterocycles. The molecular formula is C13H13F3N2O. The molecule has 2 aromatic rings. The number of aromatic nitrogens is 1. The second-order valence-corrected chi connectivity index (χ2v) is 4.40. The monoisotopic (exact) mass is 270 g/mol. The van der Waals surface area contributed by atoms with Gasteiger partial charge in [0.2, 0.25) is 5.89 Å². The molecule has 0 saturated carbocycles. The molecule has 102 valence electrons. The van der Waals surface area contributed by atoms with Crippen molar-refractivity contribution in [2.75, 3.05) is 0 Å². The predicted molar refractivity (Wildman–Crippen MR) is 64.3 cm³/mol. The van der Waals surface area contributed by atoms with E-state index in [0.717, 1.165) is 12.1 Å². The molecule has 3 nitrogen and oxygen atoms in total. The Hall–Kier alpha value is -1.82. The summed E-state index contributed by atoms with van der Waals surface area (Å²) >= 11 is 0. The Bertz CT molecular complexity index is 544. The van der Waals surface area contributed by atoms with E-state index in [-0.39, 0.29) is 6.04 Å². The maximum Gasteiger partial charge on any atom is 0.416 e. The second-order valence-electron chi connectivity index (χ2n) is 4.40. The Morgan fingerprint density at radius 2 is 1.89 bits per heavy atom. The van der Waals surface area contributed by atoms with Crippen LogP contribution in [-0.4, -0.2) is 11.0 Å². The average Bonchev–Trinajstić information content (AvgIpc) is 2.75. The van der Waals surface area contributed by atoms with E-state index in [1.807, 2.05) is 6.92 Å². The third kappa shape index (κ3) is 3.35. The lowest BCUT2D eigenvalue weighted by molar-refractivity contribution is -0.137. The topological polar surface area (TPSA) is 52.0 Å². The van der Waals surface area contributed by atoms with Crippen molar-refractivity contribution in [1.29, 1.82) is 0 Å². The van der Waals surface area contributed by atoms with Crippen LogP contribution in [0, 0.1) is 0 Å². The van der Waals surface area contributed by atoms with Crippen LogP contribution in [0.2, 0.25) is 0 Å². The quantitative estimate of drug-likeness (QED) is 0.931. The van der Waals surface area contributed by atoms with Crippen LogP contribution in [0.5, 0.6) is 0 Å². The normalized spacial score (nSPS) is 13.5. The van der Waals surface area contributed by atoms with Crippen molar-refractivity contribution >= 4 is 0 Å². The first-order chi connectivity index (χ1) is 8.86. The van der Waals surface area contributed by atoms with Crippen LogP contribution in [0.3, 0.4) is 0 Å². The van der Waals surface area contributed by atoms with Gasteiger partial charge in [0.15, 0.2) is 0 Å². The summed E-state index contributed by atoms with van der Waals surface area (Å²) in [7, 11) is 0. The minimum atomic E-state index is -4.34. The summed E-state index contributed by atoms with van der Waals surface area (Å²) in [4.78, 5) is 4.18. The van der Waals surface area contributed by atoms with Crippen LogP contribution in [0.1, 0.15) is 18.2 Å². The van der Waals surface area contributed by atoms with Gasteiger partial charge in [0.25, 0.3) is 0 Å². The number of nitrogens with zero attached hydrogens (tertiary/aromatic N) is 1. The minimum Gasteiger partial charge on any atom is -0.444 e. The number of benzene rings is 1. The van der Waals surface area contributed by atoms with Crippen molar-refractivity contribution in [1.82, 2.24) is 4.98 Å². The maximum atomic E-state index is 12.4. The molecule has 1 heterocycles. The van der Waals surface area contributed by atoms with Gasteiger partial charge in [-0.3, -0.25) is 0 Å². The molecule has 1 aromatic heterocycles. The van der Waals surface area contributed by atoms with E-state index in [1.165, 1.54) is 18.4 Å². The molecule has 0 spiro atoms. The molecule has 0 fully saturated rings. The molecule has 1 aromatic carbocycles. The zero-order valence-corrected chi connectivity index (χ0v) is 10.2. The smallest absolute Gasteiger partial charge is 0.416 e. The van der Waals surface area contributed by atoms with E-state index >= 15 is 0 Å². The van der Waals surface area contributed by atoms with Crippen molar-refractivity contribution in [3.8, 4) is 11.5 Å². The number of halogens is 3. The van der Waals surface area contributed by atoms with Crippen LogP contribution in [-0.2, 0) is 12.6 Å². The molecule has 0 bridgehead atoms. The van der Waals surface area contributed by atoms with Gasteiger partial charge in [0.1, 0.15) is 6.26 Å². The standard InChI is InChI=1S/C13H13F3N2O/c1-8(17)6-11-7-19-12(18-11)9-2-4-10(5-3-9)13(14,15)16/h2-5,7-8H,6,17H2,1H3. The molecule has 19 heavy (non-hydrogen) atoms. The Morgan fingerprint density at radius 1 is 1.26 bits per heavy atom. The number of hydrogen-bond acceptors (Lipinski definition) is 3. The summed E-state index contributed by atoms with van der Waals surface area (Å²) in [6.45, 7) is 1.84. The second kappa shape index (κ2) is 5.05. The van der Waals surface area contributed by atoms with E-state index < -0.39 is 11.7 Å². The molecule has 0 aliphatic rings. The van der Waals surface area contributed by atoms with Crippen LogP contribution >= 0.6 is 0 Å². The lowest BCUT2D eigenvalue weighted by Gasteiger charge is -2.06. The fraction of sp³-hybridized carbons (Fsp3) is 0.308. The van der Waals surface area contributed by atoms with Crippen molar-refractivity contribution in [3.05, 3.63) is 41.8 Å². The molecule has 0 radical (unpaired) electrons. The number of hydrogen-bond donors (Lipinski definition) is 1. The molecule has 2 rings (SSSR count). The number of alkyl halides is 3. The molecule has 6 heteroatoms. The van der Waals surface area contributed by atoms with Crippen molar-refractivity contribution < 1.29 is 17.6 Å². The van der Waals surface area contributed by atoms with Crippen molar-refractivity contribution in [2.45, 2.75) is 25.6 Å². The molecule has 0 amide bonds. The van der Waals surface area contributed by atoms with Gasteiger partial charge >= 0.3 is 6.18 Å². The summed E-state index contributed by atoms with van der Waals surface area (Å²) in [5.74, 6) is 0.296. The van der Waals surface area contributed by atoms with E-state index in [0.29, 0.717) is 23.6 Å². The Labute approximate surface area is 108 Å². The summed E-state index contributed by atoms with van der Waals surface area (Å²) in [5.41, 5.74) is 6.13. The molecule has 2 N–H and O–H groups in total. The van der Waals surface area contributed by atoms with Gasteiger partial charge in [0.05, 0.1) is 11.3 Å². The van der Waals surface area contributed by atoms with Gasteiger partial charge in [-0.25, -0.2) is 4.98 Å². The van der Waals surface area contributed by atoms with E-state index in [9.17, 15) is 13.2 Å². The first-order valence-electron chi connectivity index (χ1n) is 5.74. The highest BCUT2D eigenvalue weighted by molar-refractivity contribution is 5.54. The highest BCUT2D eigenvalue weighted by atomic mass is 19.4. The predicted octanol–water partition coefficient (Wildman–Crippen LogP) is 3.25. The highest BCUT2D eigenvalue weighted by Crippen LogP contribution is 2.30. The molecular weight excluding hydrogens is 257 g/mol. The van der Waals surface area contributed by atoms with E-state index in [2.05, 4.69) is 4.98 Å². The van der Waals surface area contributed by atoms with Crippen LogP contribution in [0.15, 0.2) is 34.9 Å². The van der Waals surface area contributed by atoms with Crippen molar-refractivity contribution in [2.24, 2.45) is 5.73 Å². The zero-order valence-electron chi connectivity index (χ0n) is 10.2. The molecule has 1 unspecified atom stereocenters.